The minimum Gasteiger partial charge on any atom is -0.496 e. The number of Topliss-reactive ketones (excluding diaryl/α,β-unsaturated/α-hetero) is 1. The lowest BCUT2D eigenvalue weighted by Gasteiger charge is -2.14. The van der Waals surface area contributed by atoms with Crippen molar-refractivity contribution in [2.24, 2.45) is 0 Å². The Labute approximate surface area is 223 Å². The molecule has 0 aliphatic carbocycles. The monoisotopic (exact) mass is 536 g/mol. The van der Waals surface area contributed by atoms with Crippen LogP contribution in [0.3, 0.4) is 0 Å². The van der Waals surface area contributed by atoms with Gasteiger partial charge in [0.15, 0.2) is 10.9 Å². The van der Waals surface area contributed by atoms with Gasteiger partial charge in [-0.25, -0.2) is 9.78 Å². The van der Waals surface area contributed by atoms with Crippen molar-refractivity contribution in [2.45, 2.75) is 44.6 Å². The van der Waals surface area contributed by atoms with Crippen LogP contribution < -0.4 is 10.3 Å². The number of thiophene rings is 1. The van der Waals surface area contributed by atoms with Crippen molar-refractivity contribution in [2.75, 3.05) is 13.7 Å². The third kappa shape index (κ3) is 5.78. The maximum Gasteiger partial charge on any atom is 0.348 e. The number of carbonyl (C=O) groups excluding carboxylic acids is 2. The van der Waals surface area contributed by atoms with Gasteiger partial charge in [-0.15, -0.1) is 11.3 Å². The number of benzene rings is 2. The minimum absolute atomic E-state index is 0.0335. The summed E-state index contributed by atoms with van der Waals surface area (Å²) in [7, 11) is 1.59. The SMILES string of the molecule is CCOC(=O)c1sc2nc(SCc3cc(C(C)=O)ccc3OC)n(CCc3ccccc3)c(=O)c2c1C. The van der Waals surface area contributed by atoms with E-state index in [-0.39, 0.29) is 17.9 Å². The zero-order valence-electron chi connectivity index (χ0n) is 21.2. The zero-order chi connectivity index (χ0) is 26.5. The molecule has 192 valence electrons. The highest BCUT2D eigenvalue weighted by Gasteiger charge is 2.23. The first-order chi connectivity index (χ1) is 17.8. The Hall–Kier alpha value is -3.43. The molecular weight excluding hydrogens is 508 g/mol. The Kier molecular flexibility index (Phi) is 8.45. The van der Waals surface area contributed by atoms with Gasteiger partial charge in [-0.2, -0.15) is 0 Å². The van der Waals surface area contributed by atoms with Crippen LogP contribution in [0.4, 0.5) is 0 Å². The molecule has 0 bridgehead atoms. The van der Waals surface area contributed by atoms with Crippen LogP contribution in [0.1, 0.15) is 50.6 Å². The van der Waals surface area contributed by atoms with Crippen molar-refractivity contribution in [1.29, 1.82) is 0 Å². The fourth-order valence-corrected chi connectivity index (χ4v) is 6.15. The fraction of sp³-hybridized carbons (Fsp3) is 0.286. The van der Waals surface area contributed by atoms with Gasteiger partial charge in [0.1, 0.15) is 15.5 Å². The van der Waals surface area contributed by atoms with Crippen molar-refractivity contribution in [3.05, 3.63) is 86.0 Å². The number of nitrogens with zero attached hydrogens (tertiary/aromatic N) is 2. The Morgan fingerprint density at radius 3 is 2.57 bits per heavy atom. The van der Waals surface area contributed by atoms with Crippen molar-refractivity contribution in [1.82, 2.24) is 9.55 Å². The maximum absolute atomic E-state index is 13.8. The Morgan fingerprint density at radius 2 is 1.89 bits per heavy atom. The highest BCUT2D eigenvalue weighted by Crippen LogP contribution is 2.32. The summed E-state index contributed by atoms with van der Waals surface area (Å²) in [6, 6.07) is 15.3. The molecule has 2 heterocycles. The largest absolute Gasteiger partial charge is 0.496 e. The summed E-state index contributed by atoms with van der Waals surface area (Å²) in [6.45, 7) is 5.72. The molecule has 0 spiro atoms. The number of esters is 1. The fourth-order valence-electron chi connectivity index (χ4n) is 4.03. The van der Waals surface area contributed by atoms with E-state index in [1.165, 1.54) is 30.0 Å². The minimum atomic E-state index is -0.446. The third-order valence-electron chi connectivity index (χ3n) is 5.99. The topological polar surface area (TPSA) is 87.5 Å². The van der Waals surface area contributed by atoms with E-state index in [2.05, 4.69) is 0 Å². The van der Waals surface area contributed by atoms with Crippen LogP contribution in [-0.2, 0) is 23.5 Å². The number of hydrogen-bond acceptors (Lipinski definition) is 8. The van der Waals surface area contributed by atoms with Crippen molar-refractivity contribution >= 4 is 45.1 Å². The molecule has 9 heteroatoms. The number of hydrogen-bond donors (Lipinski definition) is 0. The number of methoxy groups -OCH3 is 1. The summed E-state index contributed by atoms with van der Waals surface area (Å²) in [6.07, 6.45) is 0.651. The van der Waals surface area contributed by atoms with Crippen LogP contribution in [0, 0.1) is 6.92 Å². The molecule has 0 saturated heterocycles. The number of carbonyl (C=O) groups is 2. The Bertz CT molecular complexity index is 1510. The van der Waals surface area contributed by atoms with E-state index in [1.807, 2.05) is 36.4 Å². The van der Waals surface area contributed by atoms with Gasteiger partial charge in [0.25, 0.3) is 5.56 Å². The zero-order valence-corrected chi connectivity index (χ0v) is 22.8. The van der Waals surface area contributed by atoms with Crippen molar-refractivity contribution in [3.63, 3.8) is 0 Å². The van der Waals surface area contributed by atoms with Crippen LogP contribution in [-0.4, -0.2) is 35.0 Å². The number of aromatic nitrogens is 2. The van der Waals surface area contributed by atoms with Crippen LogP contribution >= 0.6 is 23.1 Å². The molecule has 2 aromatic heterocycles. The van der Waals surface area contributed by atoms with E-state index in [9.17, 15) is 14.4 Å². The van der Waals surface area contributed by atoms with E-state index in [0.717, 1.165) is 11.1 Å². The maximum atomic E-state index is 13.8. The van der Waals surface area contributed by atoms with E-state index >= 15 is 0 Å². The lowest BCUT2D eigenvalue weighted by atomic mass is 10.1. The second kappa shape index (κ2) is 11.7. The van der Waals surface area contributed by atoms with Gasteiger partial charge in [-0.1, -0.05) is 42.1 Å². The van der Waals surface area contributed by atoms with Gasteiger partial charge in [0.2, 0.25) is 0 Å². The molecule has 0 N–H and O–H groups in total. The summed E-state index contributed by atoms with van der Waals surface area (Å²) in [5.74, 6) is 0.628. The summed E-state index contributed by atoms with van der Waals surface area (Å²) in [5.41, 5.74) is 2.94. The Balaban J connectivity index is 1.77. The summed E-state index contributed by atoms with van der Waals surface area (Å²) >= 11 is 2.58. The summed E-state index contributed by atoms with van der Waals surface area (Å²) < 4.78 is 12.4. The number of thioether (sulfide) groups is 1. The molecule has 0 unspecified atom stereocenters. The molecule has 7 nitrogen and oxygen atoms in total. The van der Waals surface area contributed by atoms with Crippen LogP contribution in [0.25, 0.3) is 10.2 Å². The molecule has 2 aromatic carbocycles. The van der Waals surface area contributed by atoms with Gasteiger partial charge in [0.05, 0.1) is 19.1 Å². The molecular formula is C28H28N2O5S2. The lowest BCUT2D eigenvalue weighted by Crippen LogP contribution is -2.24. The first-order valence-corrected chi connectivity index (χ1v) is 13.7. The number of ether oxygens (including phenoxy) is 2. The molecule has 0 aliphatic rings. The third-order valence-corrected chi connectivity index (χ3v) is 8.18. The predicted octanol–water partition coefficient (Wildman–Crippen LogP) is 5.69. The molecule has 4 aromatic rings. The van der Waals surface area contributed by atoms with E-state index in [1.54, 1.807) is 37.7 Å². The highest BCUT2D eigenvalue weighted by atomic mass is 32.2. The second-order valence-corrected chi connectivity index (χ2v) is 10.4. The highest BCUT2D eigenvalue weighted by molar-refractivity contribution is 7.98. The first-order valence-electron chi connectivity index (χ1n) is 11.9. The van der Waals surface area contributed by atoms with Crippen LogP contribution in [0.2, 0.25) is 0 Å². The average molecular weight is 537 g/mol. The van der Waals surface area contributed by atoms with Gasteiger partial charge in [-0.05, 0) is 56.5 Å². The number of aryl methyl sites for hydroxylation is 2. The number of fused-ring (bicyclic) bond motifs is 1. The molecule has 0 fully saturated rings. The number of ketones is 1. The van der Waals surface area contributed by atoms with Gasteiger partial charge in [0, 0.05) is 23.4 Å². The quantitative estimate of drug-likeness (QED) is 0.111. The first kappa shape index (κ1) is 26.6. The van der Waals surface area contributed by atoms with Gasteiger partial charge >= 0.3 is 5.97 Å². The standard InChI is InChI=1S/C28H28N2O5S2/c1-5-35-27(33)24-17(2)23-25(37-24)29-28(30(26(23)32)14-13-19-9-7-6-8-10-19)36-16-21-15-20(18(3)31)11-12-22(21)34-4/h6-12,15H,5,13-14,16H2,1-4H3. The normalized spacial score (nSPS) is 11.0. The van der Waals surface area contributed by atoms with Gasteiger partial charge in [-0.3, -0.25) is 14.2 Å². The average Bonchev–Trinajstić information content (AvgIpc) is 3.23. The Morgan fingerprint density at radius 1 is 1.14 bits per heavy atom. The summed E-state index contributed by atoms with van der Waals surface area (Å²) in [5, 5.41) is 0.988. The van der Waals surface area contributed by atoms with E-state index < -0.39 is 5.97 Å². The van der Waals surface area contributed by atoms with Gasteiger partial charge < -0.3 is 9.47 Å². The van der Waals surface area contributed by atoms with E-state index in [0.29, 0.717) is 55.8 Å². The molecule has 0 radical (unpaired) electrons. The number of rotatable bonds is 10. The van der Waals surface area contributed by atoms with Crippen molar-refractivity contribution < 1.29 is 19.1 Å². The molecule has 4 rings (SSSR count). The molecule has 0 atom stereocenters. The lowest BCUT2D eigenvalue weighted by molar-refractivity contribution is 0.0531. The second-order valence-electron chi connectivity index (χ2n) is 8.42. The molecule has 37 heavy (non-hydrogen) atoms. The summed E-state index contributed by atoms with van der Waals surface area (Å²) in [4.78, 5) is 43.9. The molecule has 0 aliphatic heterocycles. The van der Waals surface area contributed by atoms with Crippen LogP contribution in [0.15, 0.2) is 58.5 Å². The smallest absolute Gasteiger partial charge is 0.348 e. The molecule has 0 amide bonds. The van der Waals surface area contributed by atoms with Crippen LogP contribution in [0.5, 0.6) is 5.75 Å². The predicted molar refractivity (Wildman–Crippen MR) is 147 cm³/mol. The molecule has 0 saturated carbocycles. The van der Waals surface area contributed by atoms with Crippen molar-refractivity contribution in [3.8, 4) is 5.75 Å². The van der Waals surface area contributed by atoms with E-state index in [4.69, 9.17) is 14.5 Å².